The molecule has 0 fully saturated rings. The van der Waals surface area contributed by atoms with Gasteiger partial charge in [0.05, 0.1) is 0 Å². The minimum absolute atomic E-state index is 1.10. The molecule has 0 heterocycles. The molecule has 0 saturated heterocycles. The Morgan fingerprint density at radius 2 is 1.80 bits per heavy atom. The molecule has 0 aliphatic heterocycles. The van der Waals surface area contributed by atoms with Crippen molar-refractivity contribution in [1.82, 2.24) is 0 Å². The van der Waals surface area contributed by atoms with Crippen LogP contribution in [0, 0.1) is 0 Å². The molecule has 0 aliphatic carbocycles. The van der Waals surface area contributed by atoms with E-state index in [-0.39, 0.29) is 0 Å². The van der Waals surface area contributed by atoms with Gasteiger partial charge in [-0.3, -0.25) is 5.26 Å². The molecule has 0 bridgehead atoms. The van der Waals surface area contributed by atoms with Crippen molar-refractivity contribution in [2.75, 3.05) is 0 Å². The van der Waals surface area contributed by atoms with Crippen LogP contribution in [0.1, 0.15) is 0 Å². The quantitative estimate of drug-likeness (QED) is 0.305. The zero-order valence-electron chi connectivity index (χ0n) is 2.08. The van der Waals surface area contributed by atoms with Crippen LogP contribution in [-0.2, 0) is 35.0 Å². The van der Waals surface area contributed by atoms with Gasteiger partial charge in [0, 0.05) is 0 Å². The van der Waals surface area contributed by atoms with E-state index >= 15 is 0 Å². The molecule has 0 aliphatic rings. The highest BCUT2D eigenvalue weighted by Gasteiger charge is 1.36. The molecular weight excluding hydrogens is 128 g/mol. The highest BCUT2D eigenvalue weighted by molar-refractivity contribution is 8.44. The third kappa shape index (κ3) is 4.71. The Labute approximate surface area is 40.7 Å². The highest BCUT2D eigenvalue weighted by atomic mass is 33.1. The SMILES string of the molecule is OO[S-](=S)=S. The van der Waals surface area contributed by atoms with E-state index in [1.165, 1.54) is 0 Å². The van der Waals surface area contributed by atoms with Crippen molar-refractivity contribution in [3.8, 4) is 0 Å². The Morgan fingerprint density at radius 3 is 1.80 bits per heavy atom. The minimum Gasteiger partial charge on any atom is -0.328 e. The maximum absolute atomic E-state index is 7.45. The monoisotopic (exact) mass is 129 g/mol. The molecule has 5 heteroatoms. The third-order valence-corrected chi connectivity index (χ3v) is 0.548. The van der Waals surface area contributed by atoms with E-state index in [1.807, 2.05) is 0 Å². The fourth-order valence-corrected chi connectivity index (χ4v) is 0. The van der Waals surface area contributed by atoms with E-state index in [2.05, 4.69) is 26.7 Å². The van der Waals surface area contributed by atoms with E-state index in [0.29, 0.717) is 0 Å². The lowest BCUT2D eigenvalue weighted by Crippen LogP contribution is -1.69. The van der Waals surface area contributed by atoms with Gasteiger partial charge in [0.1, 0.15) is 0 Å². The molecule has 1 N–H and O–H groups in total. The fourth-order valence-electron chi connectivity index (χ4n) is 0. The van der Waals surface area contributed by atoms with Crippen LogP contribution < -0.4 is 0 Å². The van der Waals surface area contributed by atoms with Crippen molar-refractivity contribution in [2.45, 2.75) is 0 Å². The van der Waals surface area contributed by atoms with Gasteiger partial charge in [0.15, 0.2) is 0 Å². The second kappa shape index (κ2) is 2.92. The molecular formula is HO2S3-. The van der Waals surface area contributed by atoms with Gasteiger partial charge in [-0.2, -0.15) is 8.29 Å². The molecule has 0 aromatic carbocycles. The molecule has 0 rings (SSSR count). The first-order valence-electron chi connectivity index (χ1n) is 0.683. The van der Waals surface area contributed by atoms with Crippen molar-refractivity contribution in [3.05, 3.63) is 0 Å². The molecule has 0 atom stereocenters. The topological polar surface area (TPSA) is 29.5 Å². The molecule has 0 spiro atoms. The van der Waals surface area contributed by atoms with Crippen molar-refractivity contribution in [1.29, 1.82) is 0 Å². The van der Waals surface area contributed by atoms with Gasteiger partial charge in [0.25, 0.3) is 0 Å². The zero-order valence-corrected chi connectivity index (χ0v) is 4.53. The van der Waals surface area contributed by atoms with Crippen LogP contribution >= 0.6 is 0 Å². The number of rotatable bonds is 1. The summed E-state index contributed by atoms with van der Waals surface area (Å²) in [7, 11) is -1.10. The maximum Gasteiger partial charge on any atom is -0.192 e. The Balaban J connectivity index is 3.23. The van der Waals surface area contributed by atoms with Crippen molar-refractivity contribution < 1.29 is 9.59 Å². The zero-order chi connectivity index (χ0) is 4.28. The summed E-state index contributed by atoms with van der Waals surface area (Å²) in [5, 5.41) is 7.45. The Bertz CT molecular complexity index is 63.0. The normalized spacial score (nSPS) is 9.20. The molecule has 0 aromatic rings. The third-order valence-electron chi connectivity index (χ3n) is 0.0609. The van der Waals surface area contributed by atoms with Crippen LogP contribution in [0.25, 0.3) is 0 Å². The summed E-state index contributed by atoms with van der Waals surface area (Å²) in [4.78, 5) is 0. The van der Waals surface area contributed by atoms with Crippen molar-refractivity contribution >= 4 is 30.7 Å². The lowest BCUT2D eigenvalue weighted by Gasteiger charge is -1.88. The first kappa shape index (κ1) is 5.71. The average Bonchev–Trinajstić information content (AvgIpc) is 1.38. The van der Waals surface area contributed by atoms with Crippen LogP contribution in [0.4, 0.5) is 0 Å². The van der Waals surface area contributed by atoms with E-state index < -0.39 is 8.29 Å². The number of hydrogen-bond donors (Lipinski definition) is 1. The van der Waals surface area contributed by atoms with Gasteiger partial charge >= 0.3 is 0 Å². The smallest absolute Gasteiger partial charge is 0.192 e. The largest absolute Gasteiger partial charge is 0.328 e. The van der Waals surface area contributed by atoms with E-state index in [4.69, 9.17) is 5.26 Å². The van der Waals surface area contributed by atoms with Gasteiger partial charge in [-0.1, -0.05) is 0 Å². The summed E-state index contributed by atoms with van der Waals surface area (Å²) >= 11 is 8.30. The van der Waals surface area contributed by atoms with E-state index in [1.54, 1.807) is 0 Å². The summed E-state index contributed by atoms with van der Waals surface area (Å²) < 4.78 is 3.41. The van der Waals surface area contributed by atoms with Crippen LogP contribution in [0.2, 0.25) is 0 Å². The second-order valence-electron chi connectivity index (χ2n) is 0.279. The summed E-state index contributed by atoms with van der Waals surface area (Å²) in [6, 6.07) is 0. The van der Waals surface area contributed by atoms with Crippen LogP contribution in [-0.4, -0.2) is 5.26 Å². The van der Waals surface area contributed by atoms with E-state index in [0.717, 1.165) is 0 Å². The molecule has 0 saturated carbocycles. The molecule has 5 heavy (non-hydrogen) atoms. The molecule has 0 unspecified atom stereocenters. The van der Waals surface area contributed by atoms with Gasteiger partial charge in [-0.25, -0.2) is 22.4 Å². The Kier molecular flexibility index (Phi) is 3.34. The van der Waals surface area contributed by atoms with Crippen molar-refractivity contribution in [2.24, 2.45) is 0 Å². The summed E-state index contributed by atoms with van der Waals surface area (Å²) in [6.07, 6.45) is 0. The van der Waals surface area contributed by atoms with Crippen molar-refractivity contribution in [3.63, 3.8) is 0 Å². The first-order valence-corrected chi connectivity index (χ1v) is 3.68. The average molecular weight is 129 g/mol. The van der Waals surface area contributed by atoms with Gasteiger partial charge < -0.3 is 4.33 Å². The minimum atomic E-state index is -1.10. The van der Waals surface area contributed by atoms with Gasteiger partial charge in [0.2, 0.25) is 0 Å². The number of hydrogen-bond acceptors (Lipinski definition) is 5. The lowest BCUT2D eigenvalue weighted by atomic mass is 15.0. The lowest BCUT2D eigenvalue weighted by molar-refractivity contribution is -0.115. The Hall–Kier alpha value is 0.710. The molecule has 0 radical (unpaired) electrons. The molecule has 0 amide bonds. The summed E-state index contributed by atoms with van der Waals surface area (Å²) in [5.41, 5.74) is 0. The predicted molar refractivity (Wildman–Crippen MR) is 25.8 cm³/mol. The standard InChI is InChI=1S/HO2S3/c1-2-5(3)4/h1H/q-1. The fraction of sp³-hybridized carbons (Fsp3) is 0. The Morgan fingerprint density at radius 1 is 1.60 bits per heavy atom. The highest BCUT2D eigenvalue weighted by Crippen LogP contribution is 1.56. The second-order valence-corrected chi connectivity index (χ2v) is 3.29. The van der Waals surface area contributed by atoms with Gasteiger partial charge in [-0.05, 0) is 0 Å². The summed E-state index contributed by atoms with van der Waals surface area (Å²) in [5.74, 6) is 0. The van der Waals surface area contributed by atoms with Crippen LogP contribution in [0.15, 0.2) is 0 Å². The predicted octanol–water partition coefficient (Wildman–Crippen LogP) is -0.0669. The maximum atomic E-state index is 7.45. The molecule has 0 aromatic heterocycles. The van der Waals surface area contributed by atoms with Crippen LogP contribution in [0.3, 0.4) is 0 Å². The van der Waals surface area contributed by atoms with E-state index in [9.17, 15) is 0 Å². The first-order chi connectivity index (χ1) is 2.27. The molecule has 2 nitrogen and oxygen atoms in total. The van der Waals surface area contributed by atoms with Gasteiger partial charge in [-0.15, -0.1) is 0 Å². The van der Waals surface area contributed by atoms with Crippen LogP contribution in [0.5, 0.6) is 0 Å². The molecule has 32 valence electrons. The summed E-state index contributed by atoms with van der Waals surface area (Å²) in [6.45, 7) is 0.